The Labute approximate surface area is 283 Å². The molecule has 49 heavy (non-hydrogen) atoms. The van der Waals surface area contributed by atoms with E-state index in [2.05, 4.69) is 20.9 Å². The Bertz CT molecular complexity index is 1900. The summed E-state index contributed by atoms with van der Waals surface area (Å²) < 4.78 is 38.7. The quantitative estimate of drug-likeness (QED) is 0.127. The first-order chi connectivity index (χ1) is 24.0. The molecule has 0 radical (unpaired) electrons. The standard InChI is InChI=1S/C38H37FN4O6/c1-46-36-34(47-24-26-15-19-40-20-16-26)14-12-30-32(18-22-41-35(30)36)49-33-13-9-27(23-31(33)39)43-38(45)37(44)42-21-17-25-7-10-29(11-8-25)48-28-5-3-2-4-6-28/h2-14,18,22-23,26,40H,15-17,19-21,24H2,1H3,(H,42,44)(H,43,45). The summed E-state index contributed by atoms with van der Waals surface area (Å²) in [5.74, 6) is 0.771. The van der Waals surface area contributed by atoms with Gasteiger partial charge in [-0.1, -0.05) is 30.3 Å². The molecule has 0 atom stereocenters. The van der Waals surface area contributed by atoms with Crippen LogP contribution in [0.25, 0.3) is 10.9 Å². The number of piperidine rings is 1. The van der Waals surface area contributed by atoms with Crippen molar-refractivity contribution in [3.63, 3.8) is 0 Å². The van der Waals surface area contributed by atoms with Gasteiger partial charge in [0.05, 0.1) is 13.7 Å². The van der Waals surface area contributed by atoms with Crippen LogP contribution in [0.3, 0.4) is 0 Å². The van der Waals surface area contributed by atoms with Crippen molar-refractivity contribution in [1.82, 2.24) is 15.6 Å². The summed E-state index contributed by atoms with van der Waals surface area (Å²) in [6.07, 6.45) is 4.16. The molecule has 11 heteroatoms. The number of methoxy groups -OCH3 is 1. The van der Waals surface area contributed by atoms with Gasteiger partial charge in [-0.05, 0) is 98.4 Å². The van der Waals surface area contributed by atoms with Crippen molar-refractivity contribution in [3.05, 3.63) is 109 Å². The summed E-state index contributed by atoms with van der Waals surface area (Å²) in [7, 11) is 1.55. The number of carbonyl (C=O) groups excluding carboxylic acids is 2. The molecular formula is C38H37FN4O6. The van der Waals surface area contributed by atoms with Crippen LogP contribution in [0.1, 0.15) is 18.4 Å². The zero-order valence-corrected chi connectivity index (χ0v) is 27.0. The first-order valence-electron chi connectivity index (χ1n) is 16.1. The fourth-order valence-electron chi connectivity index (χ4n) is 5.52. The lowest BCUT2D eigenvalue weighted by Crippen LogP contribution is -2.36. The smallest absolute Gasteiger partial charge is 0.313 e. The van der Waals surface area contributed by atoms with Crippen molar-refractivity contribution >= 4 is 28.4 Å². The second kappa shape index (κ2) is 15.9. The second-order valence-corrected chi connectivity index (χ2v) is 11.6. The van der Waals surface area contributed by atoms with Crippen LogP contribution in [0.15, 0.2) is 97.2 Å². The maximum atomic E-state index is 15.2. The lowest BCUT2D eigenvalue weighted by Gasteiger charge is -2.23. The van der Waals surface area contributed by atoms with E-state index in [9.17, 15) is 9.59 Å². The lowest BCUT2D eigenvalue weighted by atomic mass is 9.99. The maximum absolute atomic E-state index is 15.2. The van der Waals surface area contributed by atoms with Gasteiger partial charge in [-0.2, -0.15) is 0 Å². The number of fused-ring (bicyclic) bond motifs is 1. The fraction of sp³-hybridized carbons (Fsp3) is 0.237. The van der Waals surface area contributed by atoms with Crippen molar-refractivity contribution in [3.8, 4) is 34.5 Å². The van der Waals surface area contributed by atoms with Crippen molar-refractivity contribution in [1.29, 1.82) is 0 Å². The van der Waals surface area contributed by atoms with Crippen LogP contribution in [0.5, 0.6) is 34.5 Å². The fourth-order valence-corrected chi connectivity index (χ4v) is 5.52. The van der Waals surface area contributed by atoms with Gasteiger partial charge >= 0.3 is 11.8 Å². The van der Waals surface area contributed by atoms with Crippen LogP contribution < -0.4 is 34.9 Å². The Balaban J connectivity index is 1.02. The van der Waals surface area contributed by atoms with E-state index in [0.717, 1.165) is 43.3 Å². The minimum absolute atomic E-state index is 0.0691. The molecule has 1 aliphatic heterocycles. The Morgan fingerprint density at radius 3 is 2.37 bits per heavy atom. The van der Waals surface area contributed by atoms with E-state index in [1.54, 1.807) is 31.5 Å². The summed E-state index contributed by atoms with van der Waals surface area (Å²) in [6, 6.07) is 26.1. The summed E-state index contributed by atoms with van der Waals surface area (Å²) in [4.78, 5) is 29.4. The Morgan fingerprint density at radius 2 is 1.61 bits per heavy atom. The molecule has 6 rings (SSSR count). The number of hydrogen-bond donors (Lipinski definition) is 3. The molecule has 0 aliphatic carbocycles. The van der Waals surface area contributed by atoms with Crippen molar-refractivity contribution in [2.75, 3.05) is 38.7 Å². The van der Waals surface area contributed by atoms with Crippen LogP contribution in [0.4, 0.5) is 10.1 Å². The molecule has 4 aromatic carbocycles. The lowest BCUT2D eigenvalue weighted by molar-refractivity contribution is -0.136. The van der Waals surface area contributed by atoms with Gasteiger partial charge in [0.1, 0.15) is 22.8 Å². The van der Waals surface area contributed by atoms with E-state index in [0.29, 0.717) is 52.8 Å². The molecule has 0 spiro atoms. The number of ether oxygens (including phenoxy) is 4. The number of rotatable bonds is 12. The Hall–Kier alpha value is -5.68. The monoisotopic (exact) mass is 664 g/mol. The number of pyridine rings is 1. The highest BCUT2D eigenvalue weighted by atomic mass is 19.1. The molecule has 0 bridgehead atoms. The van der Waals surface area contributed by atoms with E-state index in [4.69, 9.17) is 18.9 Å². The van der Waals surface area contributed by atoms with E-state index >= 15 is 4.39 Å². The van der Waals surface area contributed by atoms with Gasteiger partial charge in [0.2, 0.25) is 0 Å². The molecule has 252 valence electrons. The van der Waals surface area contributed by atoms with E-state index in [-0.39, 0.29) is 18.0 Å². The Kier molecular flexibility index (Phi) is 10.8. The maximum Gasteiger partial charge on any atom is 0.313 e. The highest BCUT2D eigenvalue weighted by Crippen LogP contribution is 2.40. The molecule has 5 aromatic rings. The number of aromatic nitrogens is 1. The highest BCUT2D eigenvalue weighted by molar-refractivity contribution is 6.39. The van der Waals surface area contributed by atoms with Crippen molar-refractivity contribution in [2.45, 2.75) is 19.3 Å². The number of halogens is 1. The number of para-hydroxylation sites is 1. The van der Waals surface area contributed by atoms with Crippen LogP contribution in [-0.2, 0) is 16.0 Å². The summed E-state index contributed by atoms with van der Waals surface area (Å²) in [6.45, 7) is 2.78. The van der Waals surface area contributed by atoms with Gasteiger partial charge < -0.3 is 34.9 Å². The van der Waals surface area contributed by atoms with Crippen LogP contribution in [0, 0.1) is 11.7 Å². The van der Waals surface area contributed by atoms with Crippen LogP contribution in [0.2, 0.25) is 0 Å². The molecule has 0 saturated carbocycles. The van der Waals surface area contributed by atoms with Gasteiger partial charge in [-0.15, -0.1) is 0 Å². The minimum Gasteiger partial charge on any atom is -0.491 e. The predicted octanol–water partition coefficient (Wildman–Crippen LogP) is 6.64. The zero-order valence-electron chi connectivity index (χ0n) is 27.0. The number of nitrogens with zero attached hydrogens (tertiary/aromatic N) is 1. The topological polar surface area (TPSA) is 120 Å². The normalized spacial score (nSPS) is 13.0. The number of amides is 2. The number of carbonyl (C=O) groups is 2. The molecule has 1 fully saturated rings. The summed E-state index contributed by atoms with van der Waals surface area (Å²) >= 11 is 0. The van der Waals surface area contributed by atoms with Gasteiger partial charge in [0, 0.05) is 29.9 Å². The third-order valence-electron chi connectivity index (χ3n) is 8.15. The molecule has 10 nitrogen and oxygen atoms in total. The summed E-state index contributed by atoms with van der Waals surface area (Å²) in [5.41, 5.74) is 1.59. The van der Waals surface area contributed by atoms with Crippen LogP contribution in [-0.4, -0.2) is 50.1 Å². The molecule has 1 saturated heterocycles. The van der Waals surface area contributed by atoms with Gasteiger partial charge in [0.25, 0.3) is 0 Å². The van der Waals surface area contributed by atoms with E-state index < -0.39 is 17.6 Å². The first kappa shape index (κ1) is 33.2. The van der Waals surface area contributed by atoms with Crippen LogP contribution >= 0.6 is 0 Å². The molecule has 2 heterocycles. The number of nitrogens with one attached hydrogen (secondary N) is 3. The third-order valence-corrected chi connectivity index (χ3v) is 8.15. The summed E-state index contributed by atoms with van der Waals surface area (Å²) in [5, 5.41) is 8.99. The van der Waals surface area contributed by atoms with E-state index in [1.165, 1.54) is 12.1 Å². The third kappa shape index (κ3) is 8.62. The zero-order chi connectivity index (χ0) is 34.0. The average Bonchev–Trinajstić information content (AvgIpc) is 3.13. The number of anilines is 1. The number of hydrogen-bond acceptors (Lipinski definition) is 8. The predicted molar refractivity (Wildman–Crippen MR) is 184 cm³/mol. The highest BCUT2D eigenvalue weighted by Gasteiger charge is 2.19. The first-order valence-corrected chi connectivity index (χ1v) is 16.1. The SMILES string of the molecule is COc1c(OCC2CCNCC2)ccc2c(Oc3ccc(NC(=O)C(=O)NCCc4ccc(Oc5ccccc5)cc4)cc3F)ccnc12. The molecule has 1 aliphatic rings. The Morgan fingerprint density at radius 1 is 0.857 bits per heavy atom. The van der Waals surface area contributed by atoms with Gasteiger partial charge in [-0.3, -0.25) is 14.6 Å². The molecule has 3 N–H and O–H groups in total. The van der Waals surface area contributed by atoms with E-state index in [1.807, 2.05) is 54.6 Å². The largest absolute Gasteiger partial charge is 0.491 e. The molecule has 2 amide bonds. The molecular weight excluding hydrogens is 627 g/mol. The molecule has 0 unspecified atom stereocenters. The van der Waals surface area contributed by atoms with Crippen molar-refractivity contribution < 1.29 is 32.9 Å². The molecule has 1 aromatic heterocycles. The van der Waals surface area contributed by atoms with Crippen molar-refractivity contribution in [2.24, 2.45) is 5.92 Å². The average molecular weight is 665 g/mol. The van der Waals surface area contributed by atoms with Gasteiger partial charge in [-0.25, -0.2) is 4.39 Å². The minimum atomic E-state index is -0.912. The second-order valence-electron chi connectivity index (χ2n) is 11.6. The van der Waals surface area contributed by atoms with Gasteiger partial charge in [0.15, 0.2) is 23.1 Å². The number of benzene rings is 4.